The van der Waals surface area contributed by atoms with Crippen molar-refractivity contribution in [2.75, 3.05) is 36.9 Å². The van der Waals surface area contributed by atoms with Crippen molar-refractivity contribution in [2.24, 2.45) is 0 Å². The number of hydrogen-bond donors (Lipinski definition) is 1. The highest BCUT2D eigenvalue weighted by molar-refractivity contribution is 7.92. The van der Waals surface area contributed by atoms with Gasteiger partial charge in [0.2, 0.25) is 0 Å². The van der Waals surface area contributed by atoms with Crippen molar-refractivity contribution in [3.63, 3.8) is 0 Å². The van der Waals surface area contributed by atoms with E-state index in [2.05, 4.69) is 14.6 Å². The number of nitrogens with one attached hydrogen (secondary N) is 1. The van der Waals surface area contributed by atoms with Crippen molar-refractivity contribution in [2.45, 2.75) is 17.7 Å². The molecule has 1 saturated heterocycles. The van der Waals surface area contributed by atoms with Gasteiger partial charge < -0.3 is 14.4 Å². The van der Waals surface area contributed by atoms with Gasteiger partial charge in [-0.3, -0.25) is 4.72 Å². The highest BCUT2D eigenvalue weighted by Gasteiger charge is 2.18. The fraction of sp³-hybridized carbons (Fsp3) is 0.353. The number of pyridine rings is 1. The number of methoxy groups -OCH3 is 2. The molecule has 1 fully saturated rings. The Kier molecular flexibility index (Phi) is 4.98. The lowest BCUT2D eigenvalue weighted by Gasteiger charge is -2.17. The zero-order valence-electron chi connectivity index (χ0n) is 14.2. The van der Waals surface area contributed by atoms with Crippen LogP contribution in [0, 0.1) is 0 Å². The first-order valence-electron chi connectivity index (χ1n) is 7.99. The van der Waals surface area contributed by atoms with E-state index in [0.29, 0.717) is 11.5 Å². The molecule has 0 amide bonds. The zero-order chi connectivity index (χ0) is 17.9. The van der Waals surface area contributed by atoms with E-state index >= 15 is 0 Å². The molecule has 0 bridgehead atoms. The topological polar surface area (TPSA) is 80.8 Å². The maximum absolute atomic E-state index is 12.6. The van der Waals surface area contributed by atoms with Gasteiger partial charge in [-0.25, -0.2) is 13.4 Å². The molecule has 0 saturated carbocycles. The van der Waals surface area contributed by atoms with E-state index in [4.69, 9.17) is 9.47 Å². The number of hydrogen-bond acceptors (Lipinski definition) is 6. The van der Waals surface area contributed by atoms with Crippen molar-refractivity contribution >= 4 is 21.5 Å². The summed E-state index contributed by atoms with van der Waals surface area (Å²) in [6.45, 7) is 2.02. The third-order valence-electron chi connectivity index (χ3n) is 4.12. The Hall–Kier alpha value is -2.48. The first-order chi connectivity index (χ1) is 12.0. The van der Waals surface area contributed by atoms with Gasteiger partial charge in [0.15, 0.2) is 11.5 Å². The highest BCUT2D eigenvalue weighted by Crippen LogP contribution is 2.30. The van der Waals surface area contributed by atoms with Crippen LogP contribution in [0.25, 0.3) is 0 Å². The van der Waals surface area contributed by atoms with Crippen LogP contribution in [0.3, 0.4) is 0 Å². The molecule has 0 radical (unpaired) electrons. The number of anilines is 2. The molecule has 25 heavy (non-hydrogen) atoms. The van der Waals surface area contributed by atoms with Crippen molar-refractivity contribution in [3.05, 3.63) is 36.5 Å². The molecule has 2 heterocycles. The van der Waals surface area contributed by atoms with Crippen LogP contribution in [0.5, 0.6) is 11.5 Å². The predicted octanol–water partition coefficient (Wildman–Crippen LogP) is 2.50. The van der Waals surface area contributed by atoms with Gasteiger partial charge in [-0.2, -0.15) is 0 Å². The molecule has 1 aromatic heterocycles. The predicted molar refractivity (Wildman–Crippen MR) is 96.0 cm³/mol. The Balaban J connectivity index is 1.79. The smallest absolute Gasteiger partial charge is 0.263 e. The lowest BCUT2D eigenvalue weighted by Crippen LogP contribution is -2.18. The minimum absolute atomic E-state index is 0.0792. The van der Waals surface area contributed by atoms with E-state index in [1.54, 1.807) is 18.3 Å². The summed E-state index contributed by atoms with van der Waals surface area (Å²) in [4.78, 5) is 6.54. The van der Waals surface area contributed by atoms with Gasteiger partial charge in [0, 0.05) is 19.2 Å². The van der Waals surface area contributed by atoms with Crippen molar-refractivity contribution in [3.8, 4) is 11.5 Å². The van der Waals surface area contributed by atoms with Gasteiger partial charge in [0.25, 0.3) is 10.0 Å². The van der Waals surface area contributed by atoms with Crippen molar-refractivity contribution < 1.29 is 17.9 Å². The molecule has 3 rings (SSSR count). The van der Waals surface area contributed by atoms with E-state index in [9.17, 15) is 8.42 Å². The number of nitrogens with zero attached hydrogens (tertiary/aromatic N) is 2. The summed E-state index contributed by atoms with van der Waals surface area (Å²) in [5, 5.41) is 0. The molecule has 0 atom stereocenters. The third kappa shape index (κ3) is 3.79. The first-order valence-corrected chi connectivity index (χ1v) is 9.47. The summed E-state index contributed by atoms with van der Waals surface area (Å²) in [7, 11) is -0.810. The minimum Gasteiger partial charge on any atom is -0.493 e. The largest absolute Gasteiger partial charge is 0.493 e. The standard InChI is InChI=1S/C17H21N3O4S/c1-23-15-7-6-14(11-16(15)24-2)25(21,22)19-17-8-5-13(12-18-17)20-9-3-4-10-20/h5-8,11-12H,3-4,9-10H2,1-2H3,(H,18,19). The summed E-state index contributed by atoms with van der Waals surface area (Å²) in [5.41, 5.74) is 1.01. The fourth-order valence-corrected chi connectivity index (χ4v) is 3.81. The maximum atomic E-state index is 12.6. The number of sulfonamides is 1. The minimum atomic E-state index is -3.76. The van der Waals surface area contributed by atoms with Gasteiger partial charge in [0.05, 0.1) is 31.0 Å². The molecule has 8 heteroatoms. The van der Waals surface area contributed by atoms with E-state index in [1.807, 2.05) is 6.07 Å². The Morgan fingerprint density at radius 2 is 1.76 bits per heavy atom. The number of aromatic nitrogens is 1. The van der Waals surface area contributed by atoms with Crippen LogP contribution in [-0.2, 0) is 10.0 Å². The van der Waals surface area contributed by atoms with Gasteiger partial charge in [-0.1, -0.05) is 0 Å². The molecule has 7 nitrogen and oxygen atoms in total. The highest BCUT2D eigenvalue weighted by atomic mass is 32.2. The molecule has 2 aromatic rings. The van der Waals surface area contributed by atoms with Crippen LogP contribution in [0.2, 0.25) is 0 Å². The molecule has 0 aliphatic carbocycles. The third-order valence-corrected chi connectivity index (χ3v) is 5.48. The molecule has 1 N–H and O–H groups in total. The SMILES string of the molecule is COc1ccc(S(=O)(=O)Nc2ccc(N3CCCC3)cn2)cc1OC. The van der Waals surface area contributed by atoms with Gasteiger partial charge in [0.1, 0.15) is 5.82 Å². The zero-order valence-corrected chi connectivity index (χ0v) is 15.0. The number of benzene rings is 1. The molecule has 1 aromatic carbocycles. The summed E-state index contributed by atoms with van der Waals surface area (Å²) >= 11 is 0. The van der Waals surface area contributed by atoms with Gasteiger partial charge in [-0.15, -0.1) is 0 Å². The van der Waals surface area contributed by atoms with Crippen LogP contribution in [0.4, 0.5) is 11.5 Å². The Morgan fingerprint density at radius 1 is 1.04 bits per heavy atom. The second-order valence-electron chi connectivity index (χ2n) is 5.72. The van der Waals surface area contributed by atoms with Crippen LogP contribution in [0.15, 0.2) is 41.4 Å². The van der Waals surface area contributed by atoms with Gasteiger partial charge in [-0.05, 0) is 37.1 Å². The average Bonchev–Trinajstić information content (AvgIpc) is 3.16. The van der Waals surface area contributed by atoms with E-state index in [-0.39, 0.29) is 10.7 Å². The summed E-state index contributed by atoms with van der Waals surface area (Å²) < 4.78 is 37.9. The monoisotopic (exact) mass is 363 g/mol. The molecule has 134 valence electrons. The number of ether oxygens (including phenoxy) is 2. The molecule has 1 aliphatic heterocycles. The number of rotatable bonds is 6. The first kappa shape index (κ1) is 17.3. The second kappa shape index (κ2) is 7.18. The fourth-order valence-electron chi connectivity index (χ4n) is 2.79. The molecular formula is C17H21N3O4S. The average molecular weight is 363 g/mol. The van der Waals surface area contributed by atoms with Crippen LogP contribution in [0.1, 0.15) is 12.8 Å². The van der Waals surface area contributed by atoms with Crippen LogP contribution >= 0.6 is 0 Å². The molecule has 1 aliphatic rings. The Labute approximate surface area is 147 Å². The Morgan fingerprint density at radius 3 is 2.36 bits per heavy atom. The molecule has 0 spiro atoms. The van der Waals surface area contributed by atoms with E-state index in [0.717, 1.165) is 18.8 Å². The lowest BCUT2D eigenvalue weighted by molar-refractivity contribution is 0.354. The summed E-state index contributed by atoms with van der Waals surface area (Å²) in [5.74, 6) is 1.09. The van der Waals surface area contributed by atoms with Crippen LogP contribution in [-0.4, -0.2) is 40.7 Å². The van der Waals surface area contributed by atoms with Crippen molar-refractivity contribution in [1.29, 1.82) is 0 Å². The maximum Gasteiger partial charge on any atom is 0.263 e. The summed E-state index contributed by atoms with van der Waals surface area (Å²) in [6.07, 6.45) is 4.04. The van der Waals surface area contributed by atoms with Gasteiger partial charge >= 0.3 is 0 Å². The molecular weight excluding hydrogens is 342 g/mol. The van der Waals surface area contributed by atoms with Crippen LogP contribution < -0.4 is 19.1 Å². The second-order valence-corrected chi connectivity index (χ2v) is 7.40. The Bertz CT molecular complexity index is 831. The van der Waals surface area contributed by atoms with E-state index in [1.165, 1.54) is 39.2 Å². The lowest BCUT2D eigenvalue weighted by atomic mass is 10.3. The van der Waals surface area contributed by atoms with Crippen molar-refractivity contribution in [1.82, 2.24) is 4.98 Å². The summed E-state index contributed by atoms with van der Waals surface area (Å²) in [6, 6.07) is 7.98. The normalized spacial score (nSPS) is 14.4. The quantitative estimate of drug-likeness (QED) is 0.849. The molecule has 0 unspecified atom stereocenters. The van der Waals surface area contributed by atoms with E-state index < -0.39 is 10.0 Å².